The molecule has 0 saturated carbocycles. The lowest BCUT2D eigenvalue weighted by Crippen LogP contribution is -2.47. The zero-order chi connectivity index (χ0) is 15.4. The van der Waals surface area contributed by atoms with Gasteiger partial charge in [-0.3, -0.25) is 0 Å². The predicted molar refractivity (Wildman–Crippen MR) is 88.6 cm³/mol. The number of aliphatic hydroxyl groups is 1. The van der Waals surface area contributed by atoms with Gasteiger partial charge in [0.2, 0.25) is 0 Å². The molecule has 2 rings (SSSR count). The molecule has 3 nitrogen and oxygen atoms in total. The number of rotatable bonds is 5. The van der Waals surface area contributed by atoms with Gasteiger partial charge in [-0.1, -0.05) is 45.0 Å². The first-order valence-electron chi connectivity index (χ1n) is 8.17. The molecule has 21 heavy (non-hydrogen) atoms. The van der Waals surface area contributed by atoms with E-state index in [0.717, 1.165) is 25.1 Å². The van der Waals surface area contributed by atoms with Crippen molar-refractivity contribution in [3.05, 3.63) is 35.4 Å². The van der Waals surface area contributed by atoms with Gasteiger partial charge in [-0.25, -0.2) is 0 Å². The van der Waals surface area contributed by atoms with Gasteiger partial charge >= 0.3 is 0 Å². The third-order valence-corrected chi connectivity index (χ3v) is 4.67. The second-order valence-electron chi connectivity index (χ2n) is 6.88. The minimum Gasteiger partial charge on any atom is -0.387 e. The quantitative estimate of drug-likeness (QED) is 0.875. The molecule has 3 heteroatoms. The minimum atomic E-state index is -0.418. The number of aliphatic hydroxyl groups excluding tert-OH is 1. The molecule has 1 saturated heterocycles. The van der Waals surface area contributed by atoms with Gasteiger partial charge in [-0.2, -0.15) is 0 Å². The fraction of sp³-hybridized carbons (Fsp3) is 0.667. The molecule has 118 valence electrons. The molecule has 1 fully saturated rings. The topological polar surface area (TPSA) is 35.5 Å². The van der Waals surface area contributed by atoms with Gasteiger partial charge in [0.05, 0.1) is 6.10 Å². The summed E-state index contributed by atoms with van der Waals surface area (Å²) in [7, 11) is 2.18. The van der Waals surface area contributed by atoms with E-state index < -0.39 is 6.10 Å². The number of hydrogen-bond donors (Lipinski definition) is 2. The number of piperidine rings is 1. The summed E-state index contributed by atoms with van der Waals surface area (Å²) in [5, 5.41) is 13.9. The standard InChI is InChI=1S/C18H30N2O/c1-13(2)15-5-7-16(8-6-15)18(21)11-19-17-9-10-20(4)12-14(17)3/h5-8,13-14,17-19,21H,9-12H2,1-4H3. The lowest BCUT2D eigenvalue weighted by molar-refractivity contribution is 0.137. The Bertz CT molecular complexity index is 429. The summed E-state index contributed by atoms with van der Waals surface area (Å²) < 4.78 is 0. The van der Waals surface area contributed by atoms with Crippen molar-refractivity contribution in [1.82, 2.24) is 10.2 Å². The average Bonchev–Trinajstić information content (AvgIpc) is 2.46. The lowest BCUT2D eigenvalue weighted by atomic mass is 9.93. The van der Waals surface area contributed by atoms with Crippen LogP contribution in [0.15, 0.2) is 24.3 Å². The number of benzene rings is 1. The molecule has 3 atom stereocenters. The van der Waals surface area contributed by atoms with Crippen LogP contribution in [0.4, 0.5) is 0 Å². The van der Waals surface area contributed by atoms with Gasteiger partial charge in [-0.15, -0.1) is 0 Å². The summed E-state index contributed by atoms with van der Waals surface area (Å²) >= 11 is 0. The van der Waals surface area contributed by atoms with E-state index in [2.05, 4.69) is 62.3 Å². The highest BCUT2D eigenvalue weighted by molar-refractivity contribution is 5.26. The first-order valence-corrected chi connectivity index (χ1v) is 8.17. The van der Waals surface area contributed by atoms with Crippen LogP contribution in [0.1, 0.15) is 50.3 Å². The Morgan fingerprint density at radius 3 is 2.43 bits per heavy atom. The maximum absolute atomic E-state index is 10.3. The smallest absolute Gasteiger partial charge is 0.0914 e. The van der Waals surface area contributed by atoms with Crippen molar-refractivity contribution in [2.75, 3.05) is 26.7 Å². The molecule has 0 aromatic heterocycles. The molecule has 1 heterocycles. The first-order chi connectivity index (χ1) is 9.97. The molecule has 1 aliphatic rings. The highest BCUT2D eigenvalue weighted by atomic mass is 16.3. The minimum absolute atomic E-state index is 0.418. The number of nitrogens with zero attached hydrogens (tertiary/aromatic N) is 1. The van der Waals surface area contributed by atoms with E-state index in [-0.39, 0.29) is 0 Å². The molecule has 0 aliphatic carbocycles. The molecule has 2 N–H and O–H groups in total. The summed E-state index contributed by atoms with van der Waals surface area (Å²) in [4.78, 5) is 2.38. The van der Waals surface area contributed by atoms with Crippen molar-refractivity contribution in [1.29, 1.82) is 0 Å². The zero-order valence-electron chi connectivity index (χ0n) is 13.8. The number of nitrogens with one attached hydrogen (secondary N) is 1. The Labute approximate surface area is 129 Å². The number of hydrogen-bond acceptors (Lipinski definition) is 3. The van der Waals surface area contributed by atoms with Crippen molar-refractivity contribution in [3.63, 3.8) is 0 Å². The van der Waals surface area contributed by atoms with Crippen molar-refractivity contribution in [3.8, 4) is 0 Å². The van der Waals surface area contributed by atoms with Crippen molar-refractivity contribution < 1.29 is 5.11 Å². The molecule has 0 radical (unpaired) electrons. The fourth-order valence-corrected chi connectivity index (χ4v) is 3.14. The van der Waals surface area contributed by atoms with Crippen molar-refractivity contribution >= 4 is 0 Å². The SMILES string of the molecule is CC(C)c1ccc(C(O)CNC2CCN(C)CC2C)cc1. The van der Waals surface area contributed by atoms with Crippen molar-refractivity contribution in [2.45, 2.75) is 45.3 Å². The van der Waals surface area contributed by atoms with E-state index in [1.807, 2.05) is 0 Å². The molecular weight excluding hydrogens is 260 g/mol. The van der Waals surface area contributed by atoms with Crippen LogP contribution in [-0.2, 0) is 0 Å². The van der Waals surface area contributed by atoms with Crippen LogP contribution in [0.5, 0.6) is 0 Å². The first kappa shape index (κ1) is 16.5. The van der Waals surface area contributed by atoms with E-state index in [1.54, 1.807) is 0 Å². The van der Waals surface area contributed by atoms with Gasteiger partial charge < -0.3 is 15.3 Å². The van der Waals surface area contributed by atoms with Crippen LogP contribution in [0.25, 0.3) is 0 Å². The van der Waals surface area contributed by atoms with E-state index in [1.165, 1.54) is 5.56 Å². The Morgan fingerprint density at radius 2 is 1.86 bits per heavy atom. The van der Waals surface area contributed by atoms with Crippen LogP contribution >= 0.6 is 0 Å². The van der Waals surface area contributed by atoms with Crippen LogP contribution in [-0.4, -0.2) is 42.7 Å². The normalized spacial score (nSPS) is 25.2. The largest absolute Gasteiger partial charge is 0.387 e. The van der Waals surface area contributed by atoms with Crippen molar-refractivity contribution in [2.24, 2.45) is 5.92 Å². The Kier molecular flexibility index (Phi) is 5.80. The summed E-state index contributed by atoms with van der Waals surface area (Å²) in [5.74, 6) is 1.17. The van der Waals surface area contributed by atoms with Crippen LogP contribution in [0, 0.1) is 5.92 Å². The fourth-order valence-electron chi connectivity index (χ4n) is 3.14. The van der Waals surface area contributed by atoms with Gasteiger partial charge in [0.1, 0.15) is 0 Å². The van der Waals surface area contributed by atoms with E-state index in [4.69, 9.17) is 0 Å². The zero-order valence-corrected chi connectivity index (χ0v) is 13.8. The molecule has 0 amide bonds. The maximum atomic E-state index is 10.3. The van der Waals surface area contributed by atoms with E-state index >= 15 is 0 Å². The second-order valence-corrected chi connectivity index (χ2v) is 6.88. The van der Waals surface area contributed by atoms with E-state index in [9.17, 15) is 5.11 Å². The van der Waals surface area contributed by atoms with Crippen LogP contribution < -0.4 is 5.32 Å². The monoisotopic (exact) mass is 290 g/mol. The molecule has 3 unspecified atom stereocenters. The number of likely N-dealkylation sites (tertiary alicyclic amines) is 1. The molecule has 1 aromatic carbocycles. The summed E-state index contributed by atoms with van der Waals surface area (Å²) in [5.41, 5.74) is 2.33. The molecule has 0 spiro atoms. The van der Waals surface area contributed by atoms with Crippen LogP contribution in [0.2, 0.25) is 0 Å². The van der Waals surface area contributed by atoms with E-state index in [0.29, 0.717) is 24.4 Å². The predicted octanol–water partition coefficient (Wildman–Crippen LogP) is 2.77. The highest BCUT2D eigenvalue weighted by Gasteiger charge is 2.24. The molecule has 1 aromatic rings. The Hall–Kier alpha value is -0.900. The Balaban J connectivity index is 1.85. The summed E-state index contributed by atoms with van der Waals surface area (Å²) in [6.45, 7) is 9.58. The van der Waals surface area contributed by atoms with Gasteiger partial charge in [-0.05, 0) is 43.0 Å². The summed E-state index contributed by atoms with van der Waals surface area (Å²) in [6.07, 6.45) is 0.745. The highest BCUT2D eigenvalue weighted by Crippen LogP contribution is 2.20. The molecular formula is C18H30N2O. The Morgan fingerprint density at radius 1 is 1.24 bits per heavy atom. The molecule has 0 bridgehead atoms. The van der Waals surface area contributed by atoms with Gasteiger partial charge in [0, 0.05) is 19.1 Å². The van der Waals surface area contributed by atoms with Crippen LogP contribution in [0.3, 0.4) is 0 Å². The lowest BCUT2D eigenvalue weighted by Gasteiger charge is -2.35. The summed E-state index contributed by atoms with van der Waals surface area (Å²) in [6, 6.07) is 8.88. The third kappa shape index (κ3) is 4.53. The van der Waals surface area contributed by atoms with Gasteiger partial charge in [0.15, 0.2) is 0 Å². The second kappa shape index (κ2) is 7.39. The van der Waals surface area contributed by atoms with Gasteiger partial charge in [0.25, 0.3) is 0 Å². The molecule has 1 aliphatic heterocycles. The average molecular weight is 290 g/mol. The maximum Gasteiger partial charge on any atom is 0.0914 e. The third-order valence-electron chi connectivity index (χ3n) is 4.67.